The van der Waals surface area contributed by atoms with E-state index in [0.29, 0.717) is 28.7 Å². The van der Waals surface area contributed by atoms with E-state index in [0.717, 1.165) is 67.3 Å². The number of fused-ring (bicyclic) bond motifs is 1. The first kappa shape index (κ1) is 22.7. The maximum absolute atomic E-state index is 12.6. The summed E-state index contributed by atoms with van der Waals surface area (Å²) in [5.41, 5.74) is 4.55. The number of amides is 1. The summed E-state index contributed by atoms with van der Waals surface area (Å²) in [6.45, 7) is 7.92. The summed E-state index contributed by atoms with van der Waals surface area (Å²) in [7, 11) is 0. The summed E-state index contributed by atoms with van der Waals surface area (Å²) in [6, 6.07) is 13.4. The second kappa shape index (κ2) is 10.0. The number of carbonyl (C=O) groups is 1. The number of piperazine rings is 1. The predicted molar refractivity (Wildman–Crippen MR) is 134 cm³/mol. The Labute approximate surface area is 203 Å². The minimum absolute atomic E-state index is 0.193. The minimum atomic E-state index is -0.193. The van der Waals surface area contributed by atoms with Crippen LogP contribution in [0.1, 0.15) is 23.4 Å². The molecule has 0 atom stereocenters. The van der Waals surface area contributed by atoms with Crippen LogP contribution in [-0.2, 0) is 4.79 Å². The normalized spacial score (nSPS) is 17.1. The molecule has 3 heterocycles. The molecule has 0 aliphatic carbocycles. The molecule has 8 heteroatoms. The molecule has 1 aromatic heterocycles. The van der Waals surface area contributed by atoms with E-state index in [1.165, 1.54) is 0 Å². The number of nitrogens with zero attached hydrogens (tertiary/aromatic N) is 2. The third kappa shape index (κ3) is 5.01. The number of aryl methyl sites for hydroxylation is 1. The number of carbonyl (C=O) groups excluding carboxylic acids is 1. The molecule has 1 fully saturated rings. The summed E-state index contributed by atoms with van der Waals surface area (Å²) in [6.07, 6.45) is 2.70. The summed E-state index contributed by atoms with van der Waals surface area (Å²) >= 11 is 6.58. The molecule has 2 N–H and O–H groups in total. The van der Waals surface area contributed by atoms with E-state index in [4.69, 9.17) is 20.9 Å². The van der Waals surface area contributed by atoms with Crippen LogP contribution >= 0.6 is 11.6 Å². The lowest BCUT2D eigenvalue weighted by Crippen LogP contribution is -2.43. The molecule has 2 aromatic carbocycles. The van der Waals surface area contributed by atoms with Gasteiger partial charge in [-0.2, -0.15) is 0 Å². The van der Waals surface area contributed by atoms with Gasteiger partial charge in [0.1, 0.15) is 5.75 Å². The molecule has 2 aliphatic rings. The first-order chi connectivity index (χ1) is 16.6. The van der Waals surface area contributed by atoms with Crippen LogP contribution in [0.2, 0.25) is 5.02 Å². The Morgan fingerprint density at radius 1 is 1.15 bits per heavy atom. The quantitative estimate of drug-likeness (QED) is 0.385. The molecule has 176 valence electrons. The first-order valence-electron chi connectivity index (χ1n) is 11.5. The minimum Gasteiger partial charge on any atom is -0.494 e. The average Bonchev–Trinajstić information content (AvgIpc) is 3.39. The van der Waals surface area contributed by atoms with Gasteiger partial charge in [0.05, 0.1) is 28.6 Å². The van der Waals surface area contributed by atoms with Gasteiger partial charge in [-0.15, -0.1) is 0 Å². The smallest absolute Gasteiger partial charge is 0.256 e. The lowest BCUT2D eigenvalue weighted by Gasteiger charge is -2.26. The fourth-order valence-electron chi connectivity index (χ4n) is 4.31. The number of benzene rings is 2. The maximum Gasteiger partial charge on any atom is 0.256 e. The number of hydrogen-bond acceptors (Lipinski definition) is 6. The summed E-state index contributed by atoms with van der Waals surface area (Å²) < 4.78 is 11.2. The van der Waals surface area contributed by atoms with Crippen molar-refractivity contribution in [3.05, 3.63) is 64.5 Å². The molecule has 0 spiro atoms. The lowest BCUT2D eigenvalue weighted by atomic mass is 9.98. The molecule has 5 rings (SSSR count). The van der Waals surface area contributed by atoms with Gasteiger partial charge in [-0.05, 0) is 49.2 Å². The van der Waals surface area contributed by atoms with Crippen molar-refractivity contribution in [3.63, 3.8) is 0 Å². The van der Waals surface area contributed by atoms with Gasteiger partial charge in [-0.25, -0.2) is 0 Å². The Hall–Kier alpha value is -3.13. The molecule has 0 radical (unpaired) electrons. The van der Waals surface area contributed by atoms with E-state index in [2.05, 4.69) is 20.7 Å². The zero-order valence-electron chi connectivity index (χ0n) is 19.1. The molecular formula is C26H27ClN4O3. The van der Waals surface area contributed by atoms with Gasteiger partial charge in [-0.1, -0.05) is 28.9 Å². The number of nitrogens with one attached hydrogen (secondary N) is 2. The molecule has 0 unspecified atom stereocenters. The fourth-order valence-corrected chi connectivity index (χ4v) is 4.59. The van der Waals surface area contributed by atoms with Crippen LogP contribution in [-0.4, -0.2) is 55.3 Å². The highest BCUT2D eigenvalue weighted by Gasteiger charge is 2.26. The monoisotopic (exact) mass is 478 g/mol. The van der Waals surface area contributed by atoms with Gasteiger partial charge in [0, 0.05) is 49.9 Å². The second-order valence-corrected chi connectivity index (χ2v) is 8.99. The lowest BCUT2D eigenvalue weighted by molar-refractivity contribution is -0.110. The summed E-state index contributed by atoms with van der Waals surface area (Å²) in [5.74, 6) is 1.17. The Kier molecular flexibility index (Phi) is 6.67. The highest BCUT2D eigenvalue weighted by Crippen LogP contribution is 2.40. The molecule has 0 saturated carbocycles. The van der Waals surface area contributed by atoms with Gasteiger partial charge in [0.15, 0.2) is 5.76 Å². The molecule has 2 aliphatic heterocycles. The van der Waals surface area contributed by atoms with Crippen LogP contribution in [0.3, 0.4) is 0 Å². The van der Waals surface area contributed by atoms with Crippen molar-refractivity contribution in [2.75, 3.05) is 44.6 Å². The van der Waals surface area contributed by atoms with Gasteiger partial charge < -0.3 is 24.8 Å². The van der Waals surface area contributed by atoms with Gasteiger partial charge in [0.25, 0.3) is 5.91 Å². The highest BCUT2D eigenvalue weighted by molar-refractivity contribution is 6.38. The van der Waals surface area contributed by atoms with E-state index in [1.807, 2.05) is 37.3 Å². The number of hydrogen-bond donors (Lipinski definition) is 2. The van der Waals surface area contributed by atoms with E-state index in [9.17, 15) is 4.79 Å². The number of rotatable bonds is 7. The van der Waals surface area contributed by atoms with Crippen LogP contribution < -0.4 is 15.4 Å². The summed E-state index contributed by atoms with van der Waals surface area (Å²) in [5, 5.41) is 10.7. The van der Waals surface area contributed by atoms with Gasteiger partial charge in [-0.3, -0.25) is 4.79 Å². The average molecular weight is 479 g/mol. The largest absolute Gasteiger partial charge is 0.494 e. The molecular weight excluding hydrogens is 452 g/mol. The molecule has 3 aromatic rings. The Morgan fingerprint density at radius 2 is 1.94 bits per heavy atom. The first-order valence-corrected chi connectivity index (χ1v) is 11.9. The van der Waals surface area contributed by atoms with E-state index < -0.39 is 0 Å². The topological polar surface area (TPSA) is 79.6 Å². The number of halogens is 1. The Balaban J connectivity index is 1.28. The molecule has 34 heavy (non-hydrogen) atoms. The van der Waals surface area contributed by atoms with Crippen molar-refractivity contribution in [2.24, 2.45) is 0 Å². The van der Waals surface area contributed by atoms with Crippen LogP contribution in [0.4, 0.5) is 5.69 Å². The van der Waals surface area contributed by atoms with Crippen molar-refractivity contribution in [2.45, 2.75) is 13.3 Å². The van der Waals surface area contributed by atoms with E-state index >= 15 is 0 Å². The number of aromatic nitrogens is 1. The standard InChI is InChI=1S/C26H27ClN4O3/c1-17-13-20(34-30-17)14-23-22-15-21(24(27)16-25(22)29-26(23)32)18-3-5-19(6-4-18)33-12-2-9-31-10-7-28-8-11-31/h3-6,13-16,28H,2,7-12H2,1H3,(H,29,32)/b23-14-. The Morgan fingerprint density at radius 3 is 2.68 bits per heavy atom. The third-order valence-corrected chi connectivity index (χ3v) is 6.40. The van der Waals surface area contributed by atoms with Crippen LogP contribution in [0.25, 0.3) is 22.8 Å². The fraction of sp³-hybridized carbons (Fsp3) is 0.308. The summed E-state index contributed by atoms with van der Waals surface area (Å²) in [4.78, 5) is 15.0. The second-order valence-electron chi connectivity index (χ2n) is 8.58. The molecule has 0 bridgehead atoms. The van der Waals surface area contributed by atoms with Crippen molar-refractivity contribution in [3.8, 4) is 16.9 Å². The SMILES string of the molecule is Cc1cc(/C=C2\C(=O)Nc3cc(Cl)c(-c4ccc(OCCCN5CCNCC5)cc4)cc32)on1. The van der Waals surface area contributed by atoms with Crippen LogP contribution in [0.5, 0.6) is 5.75 Å². The van der Waals surface area contributed by atoms with E-state index in [1.54, 1.807) is 18.2 Å². The van der Waals surface area contributed by atoms with Crippen LogP contribution in [0.15, 0.2) is 47.0 Å². The van der Waals surface area contributed by atoms with Crippen molar-refractivity contribution < 1.29 is 14.1 Å². The predicted octanol–water partition coefficient (Wildman–Crippen LogP) is 4.47. The third-order valence-electron chi connectivity index (χ3n) is 6.09. The highest BCUT2D eigenvalue weighted by atomic mass is 35.5. The van der Waals surface area contributed by atoms with E-state index in [-0.39, 0.29) is 5.91 Å². The number of anilines is 1. The van der Waals surface area contributed by atoms with Gasteiger partial charge >= 0.3 is 0 Å². The zero-order chi connectivity index (χ0) is 23.5. The maximum atomic E-state index is 12.6. The van der Waals surface area contributed by atoms with Crippen molar-refractivity contribution in [1.29, 1.82) is 0 Å². The van der Waals surface area contributed by atoms with Crippen molar-refractivity contribution >= 4 is 34.8 Å². The molecule has 7 nitrogen and oxygen atoms in total. The van der Waals surface area contributed by atoms with Crippen LogP contribution in [0, 0.1) is 6.92 Å². The number of ether oxygens (including phenoxy) is 1. The molecule has 1 saturated heterocycles. The Bertz CT molecular complexity index is 1210. The zero-order valence-corrected chi connectivity index (χ0v) is 19.8. The van der Waals surface area contributed by atoms with Crippen molar-refractivity contribution in [1.82, 2.24) is 15.4 Å². The van der Waals surface area contributed by atoms with Gasteiger partial charge in [0.2, 0.25) is 0 Å². The molecule has 1 amide bonds.